The van der Waals surface area contributed by atoms with Crippen molar-refractivity contribution >= 4 is 8.56 Å². The molecule has 0 saturated heterocycles. The van der Waals surface area contributed by atoms with Crippen LogP contribution in [-0.2, 0) is 8.85 Å². The highest BCUT2D eigenvalue weighted by atomic mass is 28.4. The Kier molecular flexibility index (Phi) is 6.68. The van der Waals surface area contributed by atoms with E-state index in [1.54, 1.807) is 0 Å². The molecule has 0 atom stereocenters. The number of allylic oxidation sites excluding steroid dienone is 8. The zero-order valence-electron chi connectivity index (χ0n) is 13.4. The van der Waals surface area contributed by atoms with Gasteiger partial charge in [-0.1, -0.05) is 50.3 Å². The minimum Gasteiger partial charge on any atom is -0.388 e. The van der Waals surface area contributed by atoms with Gasteiger partial charge in [-0.2, -0.15) is 0 Å². The molecule has 2 aliphatic rings. The quantitative estimate of drug-likeness (QED) is 0.593. The van der Waals surface area contributed by atoms with E-state index in [1.807, 2.05) is 0 Å². The van der Waals surface area contributed by atoms with Gasteiger partial charge in [0.15, 0.2) is 0 Å². The van der Waals surface area contributed by atoms with E-state index in [2.05, 4.69) is 50.3 Å². The molecule has 2 rings (SSSR count). The van der Waals surface area contributed by atoms with Gasteiger partial charge < -0.3 is 8.85 Å². The molecule has 0 aliphatic heterocycles. The largest absolute Gasteiger partial charge is 0.398 e. The van der Waals surface area contributed by atoms with Crippen molar-refractivity contribution < 1.29 is 8.85 Å². The molecule has 0 heterocycles. The molecule has 0 fully saturated rings. The van der Waals surface area contributed by atoms with E-state index in [0.29, 0.717) is 0 Å². The molecule has 21 heavy (non-hydrogen) atoms. The predicted octanol–water partition coefficient (Wildman–Crippen LogP) is 4.91. The maximum atomic E-state index is 6.47. The van der Waals surface area contributed by atoms with Gasteiger partial charge in [0.05, 0.1) is 0 Å². The molecule has 2 nitrogen and oxygen atoms in total. The molecule has 0 radical (unpaired) electrons. The first-order valence-electron chi connectivity index (χ1n) is 8.33. The Morgan fingerprint density at radius 1 is 0.857 bits per heavy atom. The molecule has 0 N–H and O–H groups in total. The summed E-state index contributed by atoms with van der Waals surface area (Å²) < 4.78 is 12.9. The molecule has 0 unspecified atom stereocenters. The van der Waals surface area contributed by atoms with Crippen molar-refractivity contribution in [3.63, 3.8) is 0 Å². The summed E-state index contributed by atoms with van der Waals surface area (Å²) in [6.45, 7) is 5.92. The van der Waals surface area contributed by atoms with E-state index >= 15 is 0 Å². The third-order valence-corrected chi connectivity index (χ3v) is 7.64. The van der Waals surface area contributed by atoms with E-state index in [1.165, 1.54) is 10.4 Å². The molecule has 0 aromatic carbocycles. The molecular weight excluding hydrogens is 276 g/mol. The fourth-order valence-corrected chi connectivity index (χ4v) is 6.66. The standard InChI is InChI=1S/C18H28O2Si/c1-3-15-19-21(20-16-4-2,17-11-7-5-8-12-17)18-13-9-6-10-14-18/h5-7,9,11,13H,3-4,8,10,12,14-16H2,1-2H3. The van der Waals surface area contributed by atoms with Gasteiger partial charge in [-0.3, -0.25) is 0 Å². The van der Waals surface area contributed by atoms with Crippen molar-refractivity contribution in [1.82, 2.24) is 0 Å². The molecule has 116 valence electrons. The molecule has 0 aromatic rings. The van der Waals surface area contributed by atoms with Crippen LogP contribution in [0.3, 0.4) is 0 Å². The van der Waals surface area contributed by atoms with Gasteiger partial charge in [-0.15, -0.1) is 0 Å². The van der Waals surface area contributed by atoms with Crippen molar-refractivity contribution in [3.05, 3.63) is 46.8 Å². The lowest BCUT2D eigenvalue weighted by atomic mass is 10.2. The van der Waals surface area contributed by atoms with Gasteiger partial charge in [0.25, 0.3) is 0 Å². The van der Waals surface area contributed by atoms with Gasteiger partial charge in [-0.25, -0.2) is 0 Å². The highest BCUT2D eigenvalue weighted by molar-refractivity contribution is 6.82. The van der Waals surface area contributed by atoms with Crippen LogP contribution in [0.25, 0.3) is 0 Å². The maximum Gasteiger partial charge on any atom is 0.398 e. The highest BCUT2D eigenvalue weighted by Gasteiger charge is 2.45. The monoisotopic (exact) mass is 304 g/mol. The zero-order chi connectivity index (χ0) is 15.0. The Morgan fingerprint density at radius 2 is 1.33 bits per heavy atom. The first kappa shape index (κ1) is 16.5. The Hall–Kier alpha value is -0.903. The van der Waals surface area contributed by atoms with Gasteiger partial charge >= 0.3 is 8.56 Å². The average molecular weight is 305 g/mol. The Balaban J connectivity index is 2.36. The number of rotatable bonds is 8. The van der Waals surface area contributed by atoms with Crippen molar-refractivity contribution in [1.29, 1.82) is 0 Å². The van der Waals surface area contributed by atoms with Crippen LogP contribution in [0, 0.1) is 0 Å². The normalized spacial score (nSPS) is 18.6. The van der Waals surface area contributed by atoms with Gasteiger partial charge in [-0.05, 0) is 48.9 Å². The van der Waals surface area contributed by atoms with Crippen LogP contribution in [0.15, 0.2) is 46.8 Å². The van der Waals surface area contributed by atoms with Crippen molar-refractivity contribution in [2.75, 3.05) is 13.2 Å². The lowest BCUT2D eigenvalue weighted by Crippen LogP contribution is -2.48. The summed E-state index contributed by atoms with van der Waals surface area (Å²) in [6, 6.07) is 0. The van der Waals surface area contributed by atoms with Gasteiger partial charge in [0, 0.05) is 13.2 Å². The fraction of sp³-hybridized carbons (Fsp3) is 0.556. The van der Waals surface area contributed by atoms with Crippen molar-refractivity contribution in [2.45, 2.75) is 52.4 Å². The molecule has 2 aliphatic carbocycles. The second-order valence-electron chi connectivity index (χ2n) is 5.63. The van der Waals surface area contributed by atoms with Crippen LogP contribution in [0.4, 0.5) is 0 Å². The lowest BCUT2D eigenvalue weighted by molar-refractivity contribution is 0.181. The SMILES string of the molecule is CCCO[Si](OCCC)(C1=CC=CCC1)C1=CC=CCC1. The second kappa shape index (κ2) is 8.52. The average Bonchev–Trinajstić information content (AvgIpc) is 2.57. The van der Waals surface area contributed by atoms with E-state index in [-0.39, 0.29) is 0 Å². The third kappa shape index (κ3) is 4.06. The summed E-state index contributed by atoms with van der Waals surface area (Å²) in [4.78, 5) is 0. The molecule has 0 spiro atoms. The predicted molar refractivity (Wildman–Crippen MR) is 91.2 cm³/mol. The number of hydrogen-bond acceptors (Lipinski definition) is 2. The molecule has 0 amide bonds. The Morgan fingerprint density at radius 3 is 1.67 bits per heavy atom. The Bertz CT molecular complexity index is 404. The number of hydrogen-bond donors (Lipinski definition) is 0. The summed E-state index contributed by atoms with van der Waals surface area (Å²) in [5, 5.41) is 2.82. The summed E-state index contributed by atoms with van der Waals surface area (Å²) in [5.74, 6) is 0. The second-order valence-corrected chi connectivity index (χ2v) is 8.73. The zero-order valence-corrected chi connectivity index (χ0v) is 14.4. The van der Waals surface area contributed by atoms with Crippen LogP contribution < -0.4 is 0 Å². The molecule has 0 saturated carbocycles. The first-order valence-corrected chi connectivity index (χ1v) is 10.2. The smallest absolute Gasteiger partial charge is 0.388 e. The van der Waals surface area contributed by atoms with Crippen LogP contribution in [0.2, 0.25) is 0 Å². The Labute approximate surface area is 130 Å². The summed E-state index contributed by atoms with van der Waals surface area (Å²) in [5.41, 5.74) is 0. The van der Waals surface area contributed by atoms with E-state index in [9.17, 15) is 0 Å². The summed E-state index contributed by atoms with van der Waals surface area (Å²) in [7, 11) is -2.42. The van der Waals surface area contributed by atoms with Crippen LogP contribution in [-0.4, -0.2) is 21.8 Å². The molecule has 3 heteroatoms. The fourth-order valence-electron chi connectivity index (χ4n) is 2.86. The van der Waals surface area contributed by atoms with Crippen molar-refractivity contribution in [3.8, 4) is 0 Å². The molecular formula is C18H28O2Si. The van der Waals surface area contributed by atoms with Crippen LogP contribution in [0.5, 0.6) is 0 Å². The highest BCUT2D eigenvalue weighted by Crippen LogP contribution is 2.35. The summed E-state index contributed by atoms with van der Waals surface area (Å²) >= 11 is 0. The maximum absolute atomic E-state index is 6.47. The molecule has 0 aromatic heterocycles. The van der Waals surface area contributed by atoms with E-state index in [0.717, 1.165) is 51.7 Å². The molecule has 0 bridgehead atoms. The lowest BCUT2D eigenvalue weighted by Gasteiger charge is -2.36. The first-order chi connectivity index (χ1) is 10.3. The van der Waals surface area contributed by atoms with Crippen LogP contribution in [0.1, 0.15) is 52.4 Å². The minimum atomic E-state index is -2.42. The third-order valence-electron chi connectivity index (χ3n) is 3.89. The summed E-state index contributed by atoms with van der Waals surface area (Å²) in [6.07, 6.45) is 19.8. The van der Waals surface area contributed by atoms with E-state index < -0.39 is 8.56 Å². The van der Waals surface area contributed by atoms with Crippen molar-refractivity contribution in [2.24, 2.45) is 0 Å². The minimum absolute atomic E-state index is 0.790. The van der Waals surface area contributed by atoms with Crippen LogP contribution >= 0.6 is 0 Å². The van der Waals surface area contributed by atoms with E-state index in [4.69, 9.17) is 8.85 Å². The van der Waals surface area contributed by atoms with Gasteiger partial charge in [0.2, 0.25) is 0 Å². The van der Waals surface area contributed by atoms with Gasteiger partial charge in [0.1, 0.15) is 0 Å². The topological polar surface area (TPSA) is 18.5 Å².